The average molecular weight is 455 g/mol. The third-order valence-electron chi connectivity index (χ3n) is 4.90. The van der Waals surface area contributed by atoms with E-state index in [-0.39, 0.29) is 29.9 Å². The highest BCUT2D eigenvalue weighted by Gasteiger charge is 2.27. The highest BCUT2D eigenvalue weighted by atomic mass is 32.2. The van der Waals surface area contributed by atoms with Crippen molar-refractivity contribution in [1.29, 1.82) is 0 Å². The van der Waals surface area contributed by atoms with Crippen LogP contribution in [0.4, 0.5) is 0 Å². The van der Waals surface area contributed by atoms with Crippen LogP contribution in [-0.4, -0.2) is 31.4 Å². The number of amides is 1. The maximum absolute atomic E-state index is 13.2. The molecule has 0 spiro atoms. The van der Waals surface area contributed by atoms with Crippen LogP contribution in [0.15, 0.2) is 94.7 Å². The van der Waals surface area contributed by atoms with Crippen LogP contribution in [-0.2, 0) is 21.4 Å². The van der Waals surface area contributed by atoms with Gasteiger partial charge in [-0.2, -0.15) is 4.31 Å². The van der Waals surface area contributed by atoms with Gasteiger partial charge in [0.05, 0.1) is 17.5 Å². The van der Waals surface area contributed by atoms with Crippen LogP contribution >= 0.6 is 11.8 Å². The van der Waals surface area contributed by atoms with Crippen LogP contribution in [0.3, 0.4) is 0 Å². The number of sulfonamides is 1. The first-order valence-electron chi connectivity index (χ1n) is 9.92. The lowest BCUT2D eigenvalue weighted by Gasteiger charge is -2.23. The fraction of sp³-hybridized carbons (Fsp3) is 0.208. The zero-order valence-corrected chi connectivity index (χ0v) is 19.2. The summed E-state index contributed by atoms with van der Waals surface area (Å²) < 4.78 is 27.7. The minimum absolute atomic E-state index is 0.113. The molecular formula is C24H26N2O3S2. The molecule has 0 aromatic heterocycles. The first kappa shape index (κ1) is 23.1. The number of hydrogen-bond acceptors (Lipinski definition) is 4. The maximum atomic E-state index is 13.2. The summed E-state index contributed by atoms with van der Waals surface area (Å²) in [4.78, 5) is 14.1. The number of benzene rings is 3. The van der Waals surface area contributed by atoms with Gasteiger partial charge in [-0.05, 0) is 48.6 Å². The summed E-state index contributed by atoms with van der Waals surface area (Å²) in [6, 6.07) is 25.2. The predicted molar refractivity (Wildman–Crippen MR) is 125 cm³/mol. The molecule has 0 aliphatic heterocycles. The van der Waals surface area contributed by atoms with E-state index in [1.807, 2.05) is 67.8 Å². The second kappa shape index (κ2) is 10.6. The molecule has 3 rings (SSSR count). The van der Waals surface area contributed by atoms with Crippen LogP contribution in [0.5, 0.6) is 0 Å². The Labute approximate surface area is 188 Å². The zero-order chi connectivity index (χ0) is 22.3. The van der Waals surface area contributed by atoms with E-state index >= 15 is 0 Å². The maximum Gasteiger partial charge on any atom is 0.243 e. The standard InChI is InChI=1S/C24H26N2O3S2/c1-19(21-13-15-22(30-2)16-14-21)25-24(27)18-26(17-20-9-5-3-6-10-20)31(28,29)23-11-7-4-8-12-23/h3-16,19H,17-18H2,1-2H3,(H,25,27). The van der Waals surface area contributed by atoms with Crippen LogP contribution in [0.2, 0.25) is 0 Å². The second-order valence-electron chi connectivity index (χ2n) is 7.13. The third kappa shape index (κ3) is 6.19. The normalized spacial score (nSPS) is 12.5. The number of carbonyl (C=O) groups is 1. The van der Waals surface area contributed by atoms with Gasteiger partial charge in [0.2, 0.25) is 15.9 Å². The summed E-state index contributed by atoms with van der Waals surface area (Å²) in [7, 11) is -3.83. The minimum Gasteiger partial charge on any atom is -0.348 e. The van der Waals surface area contributed by atoms with E-state index in [0.717, 1.165) is 16.0 Å². The van der Waals surface area contributed by atoms with Crippen molar-refractivity contribution in [2.24, 2.45) is 0 Å². The van der Waals surface area contributed by atoms with Gasteiger partial charge < -0.3 is 5.32 Å². The largest absolute Gasteiger partial charge is 0.348 e. The van der Waals surface area contributed by atoms with Crippen molar-refractivity contribution in [3.8, 4) is 0 Å². The first-order valence-corrected chi connectivity index (χ1v) is 12.6. The summed E-state index contributed by atoms with van der Waals surface area (Å²) in [6.07, 6.45) is 2.01. The van der Waals surface area contributed by atoms with Gasteiger partial charge in [0.25, 0.3) is 0 Å². The smallest absolute Gasteiger partial charge is 0.243 e. The van der Waals surface area contributed by atoms with E-state index in [2.05, 4.69) is 5.32 Å². The summed E-state index contributed by atoms with van der Waals surface area (Å²) in [6.45, 7) is 1.74. The first-order chi connectivity index (χ1) is 14.9. The van der Waals surface area contributed by atoms with Crippen molar-refractivity contribution in [1.82, 2.24) is 9.62 Å². The van der Waals surface area contributed by atoms with Gasteiger partial charge in [-0.3, -0.25) is 4.79 Å². The monoisotopic (exact) mass is 454 g/mol. The molecule has 3 aromatic rings. The second-order valence-corrected chi connectivity index (χ2v) is 9.95. The zero-order valence-electron chi connectivity index (χ0n) is 17.6. The van der Waals surface area contributed by atoms with Crippen molar-refractivity contribution < 1.29 is 13.2 Å². The Bertz CT molecular complexity index is 1090. The molecule has 162 valence electrons. The van der Waals surface area contributed by atoms with Crippen LogP contribution < -0.4 is 5.32 Å². The Morgan fingerprint density at radius 3 is 2.10 bits per heavy atom. The predicted octanol–water partition coefficient (Wildman–Crippen LogP) is 4.48. The van der Waals surface area contributed by atoms with E-state index in [1.54, 1.807) is 42.1 Å². The van der Waals surface area contributed by atoms with Gasteiger partial charge in [-0.25, -0.2) is 8.42 Å². The number of nitrogens with one attached hydrogen (secondary N) is 1. The molecule has 0 radical (unpaired) electrons. The molecule has 0 saturated heterocycles. The molecule has 1 N–H and O–H groups in total. The Balaban J connectivity index is 1.78. The lowest BCUT2D eigenvalue weighted by molar-refractivity contribution is -0.122. The molecular weight excluding hydrogens is 428 g/mol. The van der Waals surface area contributed by atoms with Gasteiger partial charge in [0.1, 0.15) is 0 Å². The number of hydrogen-bond donors (Lipinski definition) is 1. The fourth-order valence-electron chi connectivity index (χ4n) is 3.18. The third-order valence-corrected chi connectivity index (χ3v) is 7.45. The van der Waals surface area contributed by atoms with E-state index < -0.39 is 10.0 Å². The van der Waals surface area contributed by atoms with Gasteiger partial charge >= 0.3 is 0 Å². The molecule has 3 aromatic carbocycles. The molecule has 0 fully saturated rings. The molecule has 0 saturated carbocycles. The Morgan fingerprint density at radius 2 is 1.52 bits per heavy atom. The topological polar surface area (TPSA) is 66.5 Å². The SMILES string of the molecule is CSc1ccc(C(C)NC(=O)CN(Cc2ccccc2)S(=O)(=O)c2ccccc2)cc1. The summed E-state index contributed by atoms with van der Waals surface area (Å²) in [5.41, 5.74) is 1.78. The summed E-state index contributed by atoms with van der Waals surface area (Å²) in [5.74, 6) is -0.350. The number of carbonyl (C=O) groups excluding carboxylic acids is 1. The minimum atomic E-state index is -3.83. The molecule has 5 nitrogen and oxygen atoms in total. The highest BCUT2D eigenvalue weighted by molar-refractivity contribution is 7.98. The molecule has 7 heteroatoms. The van der Waals surface area contributed by atoms with Gasteiger partial charge in [-0.1, -0.05) is 60.7 Å². The summed E-state index contributed by atoms with van der Waals surface area (Å²) in [5, 5.41) is 2.92. The van der Waals surface area contributed by atoms with Crippen molar-refractivity contribution in [3.05, 3.63) is 96.1 Å². The molecule has 0 aliphatic rings. The molecule has 0 heterocycles. The Morgan fingerprint density at radius 1 is 0.935 bits per heavy atom. The number of nitrogens with zero attached hydrogens (tertiary/aromatic N) is 1. The Hall–Kier alpha value is -2.61. The van der Waals surface area contributed by atoms with E-state index in [0.29, 0.717) is 0 Å². The lowest BCUT2D eigenvalue weighted by Crippen LogP contribution is -2.41. The number of thioether (sulfide) groups is 1. The van der Waals surface area contributed by atoms with Crippen LogP contribution in [0, 0.1) is 0 Å². The highest BCUT2D eigenvalue weighted by Crippen LogP contribution is 2.20. The van der Waals surface area contributed by atoms with Crippen molar-refractivity contribution in [2.75, 3.05) is 12.8 Å². The van der Waals surface area contributed by atoms with Gasteiger partial charge in [-0.15, -0.1) is 11.8 Å². The van der Waals surface area contributed by atoms with E-state index in [4.69, 9.17) is 0 Å². The molecule has 31 heavy (non-hydrogen) atoms. The quantitative estimate of drug-likeness (QED) is 0.484. The average Bonchev–Trinajstić information content (AvgIpc) is 2.80. The lowest BCUT2D eigenvalue weighted by atomic mass is 10.1. The van der Waals surface area contributed by atoms with Crippen molar-refractivity contribution in [3.63, 3.8) is 0 Å². The van der Waals surface area contributed by atoms with Crippen molar-refractivity contribution >= 4 is 27.7 Å². The van der Waals surface area contributed by atoms with Gasteiger partial charge in [0.15, 0.2) is 0 Å². The van der Waals surface area contributed by atoms with Gasteiger partial charge in [0, 0.05) is 11.4 Å². The van der Waals surface area contributed by atoms with E-state index in [9.17, 15) is 13.2 Å². The molecule has 0 bridgehead atoms. The molecule has 1 amide bonds. The van der Waals surface area contributed by atoms with E-state index in [1.165, 1.54) is 4.31 Å². The Kier molecular flexibility index (Phi) is 7.90. The summed E-state index contributed by atoms with van der Waals surface area (Å²) >= 11 is 1.65. The van der Waals surface area contributed by atoms with Crippen LogP contribution in [0.1, 0.15) is 24.1 Å². The number of rotatable bonds is 9. The van der Waals surface area contributed by atoms with Crippen LogP contribution in [0.25, 0.3) is 0 Å². The fourth-order valence-corrected chi connectivity index (χ4v) is 4.99. The molecule has 1 atom stereocenters. The molecule has 0 aliphatic carbocycles. The molecule has 1 unspecified atom stereocenters. The van der Waals surface area contributed by atoms with Crippen molar-refractivity contribution in [2.45, 2.75) is 29.3 Å².